The zero-order valence-corrected chi connectivity index (χ0v) is 17.6. The average molecular weight is 415 g/mol. The van der Waals surface area contributed by atoms with Crippen molar-refractivity contribution >= 4 is 23.8 Å². The summed E-state index contributed by atoms with van der Waals surface area (Å²) in [6.07, 6.45) is 1.82. The normalized spacial score (nSPS) is 11.0. The van der Waals surface area contributed by atoms with Crippen molar-refractivity contribution in [1.29, 1.82) is 0 Å². The van der Waals surface area contributed by atoms with Crippen LogP contribution in [0.2, 0.25) is 5.02 Å². The lowest BCUT2D eigenvalue weighted by molar-refractivity contribution is 0.243. The quantitative estimate of drug-likeness (QED) is 0.383. The molecule has 0 saturated carbocycles. The van der Waals surface area contributed by atoms with Crippen molar-refractivity contribution in [3.63, 3.8) is 0 Å². The molecule has 5 nitrogen and oxygen atoms in total. The van der Waals surface area contributed by atoms with Crippen LogP contribution in [-0.4, -0.2) is 33.4 Å². The van der Waals surface area contributed by atoms with Crippen LogP contribution in [0, 0.1) is 4.77 Å². The topological polar surface area (TPSA) is 35.2 Å². The monoisotopic (exact) mass is 414 g/mol. The van der Waals surface area contributed by atoms with Crippen LogP contribution in [0.4, 0.5) is 0 Å². The van der Waals surface area contributed by atoms with Gasteiger partial charge >= 0.3 is 0 Å². The van der Waals surface area contributed by atoms with Gasteiger partial charge in [0.25, 0.3) is 0 Å². The van der Waals surface area contributed by atoms with Gasteiger partial charge in [0.1, 0.15) is 5.75 Å². The predicted octanol–water partition coefficient (Wildman–Crippen LogP) is 5.02. The molecule has 0 aliphatic rings. The van der Waals surface area contributed by atoms with E-state index in [4.69, 9.17) is 33.7 Å². The van der Waals surface area contributed by atoms with Crippen LogP contribution in [0.15, 0.2) is 61.2 Å². The first-order valence-electron chi connectivity index (χ1n) is 8.87. The summed E-state index contributed by atoms with van der Waals surface area (Å²) in [5, 5.41) is 5.45. The van der Waals surface area contributed by atoms with Gasteiger partial charge < -0.3 is 4.74 Å². The van der Waals surface area contributed by atoms with Crippen molar-refractivity contribution in [2.75, 3.05) is 14.2 Å². The molecule has 1 heterocycles. The maximum atomic E-state index is 6.02. The molecule has 0 saturated heterocycles. The number of halogens is 1. The number of benzene rings is 2. The molecule has 0 fully saturated rings. The Kier molecular flexibility index (Phi) is 6.67. The lowest BCUT2D eigenvalue weighted by atomic mass is 10.2. The molecule has 0 atom stereocenters. The van der Waals surface area contributed by atoms with E-state index in [0.717, 1.165) is 29.2 Å². The van der Waals surface area contributed by atoms with Crippen LogP contribution in [0.25, 0.3) is 11.4 Å². The molecule has 0 radical (unpaired) electrons. The maximum Gasteiger partial charge on any atom is 0.199 e. The molecule has 0 aliphatic heterocycles. The van der Waals surface area contributed by atoms with Gasteiger partial charge in [0.2, 0.25) is 0 Å². The van der Waals surface area contributed by atoms with E-state index >= 15 is 0 Å². The van der Waals surface area contributed by atoms with Crippen LogP contribution in [0.5, 0.6) is 5.75 Å². The Hall–Kier alpha value is -2.41. The van der Waals surface area contributed by atoms with E-state index in [1.807, 2.05) is 64.8 Å². The van der Waals surface area contributed by atoms with Gasteiger partial charge in [0.15, 0.2) is 10.6 Å². The fraction of sp³-hybridized carbons (Fsp3) is 0.238. The van der Waals surface area contributed by atoms with Gasteiger partial charge in [-0.15, -0.1) is 6.58 Å². The third kappa shape index (κ3) is 4.70. The molecule has 1 aromatic heterocycles. The fourth-order valence-electron chi connectivity index (χ4n) is 3.00. The lowest BCUT2D eigenvalue weighted by Crippen LogP contribution is -2.22. The second-order valence-electron chi connectivity index (χ2n) is 6.52. The Morgan fingerprint density at radius 1 is 1.25 bits per heavy atom. The molecule has 0 amide bonds. The van der Waals surface area contributed by atoms with Crippen LogP contribution in [0.1, 0.15) is 5.56 Å². The summed E-state index contributed by atoms with van der Waals surface area (Å²) in [6.45, 7) is 5.76. The van der Waals surface area contributed by atoms with E-state index in [1.165, 1.54) is 0 Å². The second-order valence-corrected chi connectivity index (χ2v) is 7.32. The largest absolute Gasteiger partial charge is 0.497 e. The number of methoxy groups -OCH3 is 1. The van der Waals surface area contributed by atoms with E-state index in [1.54, 1.807) is 7.11 Å². The van der Waals surface area contributed by atoms with Crippen molar-refractivity contribution in [2.45, 2.75) is 19.8 Å². The van der Waals surface area contributed by atoms with Gasteiger partial charge in [-0.3, -0.25) is 9.47 Å². The highest BCUT2D eigenvalue weighted by molar-refractivity contribution is 7.71. The average Bonchev–Trinajstić information content (AvgIpc) is 2.98. The van der Waals surface area contributed by atoms with Gasteiger partial charge in [-0.05, 0) is 61.2 Å². The second kappa shape index (κ2) is 9.19. The molecular weight excluding hydrogens is 392 g/mol. The number of hydrogen-bond donors (Lipinski definition) is 0. The third-order valence-corrected chi connectivity index (χ3v) is 4.98. The summed E-state index contributed by atoms with van der Waals surface area (Å²) in [5.41, 5.74) is 2.13. The van der Waals surface area contributed by atoms with Crippen molar-refractivity contribution in [3.8, 4) is 17.1 Å². The predicted molar refractivity (Wildman–Crippen MR) is 116 cm³/mol. The molecular formula is C21H23ClN4OS. The van der Waals surface area contributed by atoms with E-state index in [2.05, 4.69) is 17.5 Å². The van der Waals surface area contributed by atoms with Crippen molar-refractivity contribution < 1.29 is 4.74 Å². The molecule has 0 aliphatic carbocycles. The standard InChI is InChI=1S/C21H23ClN4OS/c1-4-12-25-20(17-8-10-18(22)11-9-17)23-26(21(25)28)15-24(2)14-16-6-5-7-19(13-16)27-3/h4-11,13H,1,12,14-15H2,2-3H3. The Labute approximate surface area is 175 Å². The number of hydrogen-bond acceptors (Lipinski definition) is 4. The van der Waals surface area contributed by atoms with E-state index < -0.39 is 0 Å². The molecule has 3 aromatic rings. The molecule has 0 unspecified atom stereocenters. The molecule has 2 aromatic carbocycles. The first kappa shape index (κ1) is 20.3. The Balaban J connectivity index is 1.85. The third-order valence-electron chi connectivity index (χ3n) is 4.30. The van der Waals surface area contributed by atoms with Gasteiger partial charge in [-0.25, -0.2) is 4.68 Å². The molecule has 3 rings (SSSR count). The first-order valence-corrected chi connectivity index (χ1v) is 9.66. The first-order chi connectivity index (χ1) is 13.5. The minimum Gasteiger partial charge on any atom is -0.497 e. The van der Waals surface area contributed by atoms with Gasteiger partial charge in [0.05, 0.1) is 13.8 Å². The lowest BCUT2D eigenvalue weighted by Gasteiger charge is -2.16. The molecule has 7 heteroatoms. The summed E-state index contributed by atoms with van der Waals surface area (Å²) in [7, 11) is 3.71. The van der Waals surface area contributed by atoms with Crippen molar-refractivity contribution in [3.05, 3.63) is 76.5 Å². The SMILES string of the molecule is C=CCn1c(-c2ccc(Cl)cc2)nn(CN(C)Cc2cccc(OC)c2)c1=S. The van der Waals surface area contributed by atoms with Gasteiger partial charge in [-0.1, -0.05) is 29.8 Å². The summed E-state index contributed by atoms with van der Waals surface area (Å²) >= 11 is 11.7. The van der Waals surface area contributed by atoms with Gasteiger partial charge in [0, 0.05) is 23.7 Å². The molecule has 0 spiro atoms. The minimum atomic E-state index is 0.570. The zero-order valence-electron chi connectivity index (χ0n) is 16.0. The summed E-state index contributed by atoms with van der Waals surface area (Å²) in [6, 6.07) is 15.6. The minimum absolute atomic E-state index is 0.570. The highest BCUT2D eigenvalue weighted by atomic mass is 35.5. The van der Waals surface area contributed by atoms with E-state index in [9.17, 15) is 0 Å². The van der Waals surface area contributed by atoms with Crippen LogP contribution < -0.4 is 4.74 Å². The van der Waals surface area contributed by atoms with Crippen LogP contribution in [-0.2, 0) is 19.8 Å². The molecule has 0 bridgehead atoms. The fourth-order valence-corrected chi connectivity index (χ4v) is 3.39. The number of ether oxygens (including phenoxy) is 1. The van der Waals surface area contributed by atoms with Crippen LogP contribution in [0.3, 0.4) is 0 Å². The highest BCUT2D eigenvalue weighted by Gasteiger charge is 2.13. The number of allylic oxidation sites excluding steroid dienone is 1. The van der Waals surface area contributed by atoms with E-state index in [-0.39, 0.29) is 0 Å². The van der Waals surface area contributed by atoms with E-state index in [0.29, 0.717) is 23.0 Å². The summed E-state index contributed by atoms with van der Waals surface area (Å²) in [4.78, 5) is 2.15. The number of aromatic nitrogens is 3. The Bertz CT molecular complexity index is 1010. The Morgan fingerprint density at radius 2 is 2.00 bits per heavy atom. The Morgan fingerprint density at radius 3 is 2.68 bits per heavy atom. The molecule has 28 heavy (non-hydrogen) atoms. The molecule has 0 N–H and O–H groups in total. The summed E-state index contributed by atoms with van der Waals surface area (Å²) < 4.78 is 9.77. The van der Waals surface area contributed by atoms with Crippen molar-refractivity contribution in [2.24, 2.45) is 0 Å². The summed E-state index contributed by atoms with van der Waals surface area (Å²) in [5.74, 6) is 1.65. The van der Waals surface area contributed by atoms with Crippen molar-refractivity contribution in [1.82, 2.24) is 19.2 Å². The molecule has 146 valence electrons. The number of rotatable bonds is 8. The number of nitrogens with zero attached hydrogens (tertiary/aromatic N) is 4. The van der Waals surface area contributed by atoms with Gasteiger partial charge in [-0.2, -0.15) is 5.10 Å². The highest BCUT2D eigenvalue weighted by Crippen LogP contribution is 2.21. The smallest absolute Gasteiger partial charge is 0.199 e. The zero-order chi connectivity index (χ0) is 20.1. The van der Waals surface area contributed by atoms with Crippen LogP contribution >= 0.6 is 23.8 Å². The maximum absolute atomic E-state index is 6.02.